The Morgan fingerprint density at radius 1 is 1.37 bits per heavy atom. The van der Waals surface area contributed by atoms with Crippen molar-refractivity contribution in [3.05, 3.63) is 34.6 Å². The molecule has 2 heterocycles. The van der Waals surface area contributed by atoms with Gasteiger partial charge in [0.2, 0.25) is 0 Å². The molecule has 1 unspecified atom stereocenters. The summed E-state index contributed by atoms with van der Waals surface area (Å²) in [6, 6.07) is 0.406. The Balaban J connectivity index is 0.000000224. The van der Waals surface area contributed by atoms with Crippen molar-refractivity contribution in [2.45, 2.75) is 48.0 Å². The van der Waals surface area contributed by atoms with E-state index in [-0.39, 0.29) is 0 Å². The van der Waals surface area contributed by atoms with E-state index in [1.165, 1.54) is 33.8 Å². The molecule has 2 aliphatic rings. The zero-order valence-electron chi connectivity index (χ0n) is 11.9. The summed E-state index contributed by atoms with van der Waals surface area (Å²) in [4.78, 5) is 0. The number of piperidine rings is 1. The van der Waals surface area contributed by atoms with Gasteiger partial charge in [-0.3, -0.25) is 0 Å². The number of allylic oxidation sites excluding steroid dienone is 2. The Hall–Kier alpha value is 1.25. The molecule has 1 atom stereocenters. The topological polar surface area (TPSA) is 28.2 Å². The van der Waals surface area contributed by atoms with E-state index in [0.29, 0.717) is 6.04 Å². The number of hydrogen-bond acceptors (Lipinski definition) is 0. The Kier molecular flexibility index (Phi) is 9.68. The summed E-state index contributed by atoms with van der Waals surface area (Å²) in [5, 5.41) is 8.99. The molecule has 1 saturated heterocycles. The maximum atomic E-state index is 4.56. The summed E-state index contributed by atoms with van der Waals surface area (Å²) >= 11 is 4.91. The van der Waals surface area contributed by atoms with Crippen LogP contribution in [0.25, 0.3) is 10.6 Å². The molecule has 2 aliphatic heterocycles. The second-order valence-electron chi connectivity index (χ2n) is 4.84. The summed E-state index contributed by atoms with van der Waals surface area (Å²) in [7, 11) is 0. The Bertz CT molecular complexity index is 307. The van der Waals surface area contributed by atoms with Crippen LogP contribution in [0.5, 0.6) is 0 Å². The Morgan fingerprint density at radius 3 is 2.53 bits per heavy atom. The third-order valence-corrected chi connectivity index (χ3v) is 27.1. The van der Waals surface area contributed by atoms with E-state index in [4.69, 9.17) is 0 Å². The molecule has 0 aromatic rings. The fourth-order valence-corrected chi connectivity index (χ4v) is 3.36. The second kappa shape index (κ2) is 10.1. The Morgan fingerprint density at radius 2 is 2.11 bits per heavy atom. The molecule has 1 fully saturated rings. The zero-order valence-corrected chi connectivity index (χ0v) is 18.5. The minimum atomic E-state index is -1.50. The van der Waals surface area contributed by atoms with Gasteiger partial charge in [0, 0.05) is 0 Å². The van der Waals surface area contributed by atoms with Gasteiger partial charge in [0.15, 0.2) is 0 Å². The maximum absolute atomic E-state index is 4.56. The zero-order chi connectivity index (χ0) is 14.1. The molecule has 0 saturated carbocycles. The molecule has 19 heavy (non-hydrogen) atoms. The van der Waals surface area contributed by atoms with E-state index in [0.717, 1.165) is 13.1 Å². The van der Waals surface area contributed by atoms with E-state index in [2.05, 4.69) is 74.0 Å². The van der Waals surface area contributed by atoms with E-state index in [1.807, 2.05) is 0 Å². The number of rotatable bonds is 3. The second-order valence-corrected chi connectivity index (χ2v) is 47.7. The van der Waals surface area contributed by atoms with Crippen molar-refractivity contribution in [2.75, 3.05) is 13.1 Å². The van der Waals surface area contributed by atoms with E-state index < -0.39 is 12.2 Å². The van der Waals surface area contributed by atoms with Crippen LogP contribution in [0, 0.1) is 0 Å². The molecule has 0 aromatic carbocycles. The van der Waals surface area contributed by atoms with Gasteiger partial charge in [0.25, 0.3) is 0 Å². The summed E-state index contributed by atoms with van der Waals surface area (Å²) in [5.74, 6) is 0. The van der Waals surface area contributed by atoms with Gasteiger partial charge in [0.1, 0.15) is 0 Å². The summed E-state index contributed by atoms with van der Waals surface area (Å²) < 4.78 is 2.82. The van der Waals surface area contributed by atoms with Crippen molar-refractivity contribution in [2.24, 2.45) is 0 Å². The number of nitrogens with zero attached hydrogens (tertiary/aromatic N) is 2. The van der Waals surface area contributed by atoms with Crippen molar-refractivity contribution in [3.63, 3.8) is 0 Å². The van der Waals surface area contributed by atoms with E-state index >= 15 is 0 Å². The predicted molar refractivity (Wildman–Crippen MR) is 101 cm³/mol. The molecule has 0 aromatic heterocycles. The van der Waals surface area contributed by atoms with Crippen LogP contribution >= 0.6 is 31.3 Å². The van der Waals surface area contributed by atoms with Gasteiger partial charge in [0.05, 0.1) is 0 Å². The van der Waals surface area contributed by atoms with Gasteiger partial charge in [-0.25, -0.2) is 0 Å². The summed E-state index contributed by atoms with van der Waals surface area (Å²) in [5.41, 5.74) is 1.19. The summed E-state index contributed by atoms with van der Waals surface area (Å²) in [6.07, 6.45) is 10.0. The average Bonchev–Trinajstić information content (AvgIpc) is 2.50. The summed E-state index contributed by atoms with van der Waals surface area (Å²) in [6.45, 7) is 6.43. The van der Waals surface area contributed by atoms with Crippen molar-refractivity contribution in [1.82, 2.24) is 0 Å². The van der Waals surface area contributed by atoms with Crippen LogP contribution < -0.4 is 0 Å². The molecule has 0 N–H and O–H groups in total. The molecular weight excluding hydrogens is 522 g/mol. The van der Waals surface area contributed by atoms with Gasteiger partial charge < -0.3 is 10.6 Å². The van der Waals surface area contributed by atoms with Gasteiger partial charge in [-0.15, -0.1) is 25.2 Å². The van der Waals surface area contributed by atoms with Crippen LogP contribution in [0.15, 0.2) is 23.9 Å². The molecule has 110 valence electrons. The number of halogens is 2. The van der Waals surface area contributed by atoms with Gasteiger partial charge in [-0.2, -0.15) is 5.70 Å². The van der Waals surface area contributed by atoms with Gasteiger partial charge in [-0.05, 0) is 0 Å². The Labute approximate surface area is 138 Å². The molecule has 0 spiro atoms. The number of hydrogen-bond donors (Lipinski definition) is 0. The van der Waals surface area contributed by atoms with Crippen molar-refractivity contribution < 1.29 is 0 Å². The van der Waals surface area contributed by atoms with E-state index in [9.17, 15) is 0 Å². The molecule has 0 radical (unpaired) electrons. The van der Waals surface area contributed by atoms with E-state index in [1.54, 1.807) is 0 Å². The molecule has 5 heteroatoms. The minimum absolute atomic E-state index is 0.406. The fourth-order valence-electron chi connectivity index (χ4n) is 1.93. The predicted octanol–water partition coefficient (Wildman–Crippen LogP) is 6.04. The first-order valence-electron chi connectivity index (χ1n) is 7.17. The average molecular weight is 546 g/mol. The molecule has 0 amide bonds. The SMILES string of the molecule is C1=CC[N-]C(C2CCCC[N-]2)=C1.C[CH2][Sn]([Br])([I])[CH2]C. The standard InChI is InChI=1S/C10H14N2.2C2H5.BrH.HI.Sn/c1-3-7-11-9(5-1)10-6-2-4-8-12-10;2*1-2;;;/h1,3,5,10H,2,4,6-8H2;2*1H2,2H3;2*1H;/q-2;;;;;+2/p-2. The van der Waals surface area contributed by atoms with Crippen LogP contribution in [0.2, 0.25) is 8.87 Å². The molecule has 2 rings (SSSR count). The molecule has 0 bridgehead atoms. The van der Waals surface area contributed by atoms with Crippen LogP contribution in [-0.2, 0) is 0 Å². The first-order chi connectivity index (χ1) is 9.09. The first kappa shape index (κ1) is 18.3. The quantitative estimate of drug-likeness (QED) is 0.306. The van der Waals surface area contributed by atoms with Gasteiger partial charge >= 0.3 is 66.2 Å². The van der Waals surface area contributed by atoms with Crippen molar-refractivity contribution >= 4 is 43.5 Å². The fraction of sp³-hybridized carbons (Fsp3) is 0.714. The monoisotopic (exact) mass is 546 g/mol. The molecular formula is C14H24BrIN2Sn-2. The molecule has 0 aliphatic carbocycles. The van der Waals surface area contributed by atoms with Crippen LogP contribution in [0.4, 0.5) is 0 Å². The van der Waals surface area contributed by atoms with Crippen molar-refractivity contribution in [3.8, 4) is 0 Å². The van der Waals surface area contributed by atoms with Crippen molar-refractivity contribution in [1.29, 1.82) is 0 Å². The van der Waals surface area contributed by atoms with Gasteiger partial charge in [-0.1, -0.05) is 31.4 Å². The van der Waals surface area contributed by atoms with Crippen LogP contribution in [0.3, 0.4) is 0 Å². The van der Waals surface area contributed by atoms with Crippen LogP contribution in [-0.4, -0.2) is 31.3 Å². The third kappa shape index (κ3) is 7.71. The van der Waals surface area contributed by atoms with Crippen LogP contribution in [0.1, 0.15) is 33.1 Å². The third-order valence-electron chi connectivity index (χ3n) is 3.39. The first-order valence-corrected chi connectivity index (χ1v) is 25.9. The normalized spacial score (nSPS) is 22.9. The molecule has 2 nitrogen and oxygen atoms in total.